The van der Waals surface area contributed by atoms with E-state index in [4.69, 9.17) is 16.3 Å². The highest BCUT2D eigenvalue weighted by atomic mass is 35.5. The van der Waals surface area contributed by atoms with E-state index in [1.807, 2.05) is 11.8 Å². The molecule has 0 aliphatic carbocycles. The molecular weight excluding hydrogens is 403 g/mol. The molecule has 1 heterocycles. The fourth-order valence-electron chi connectivity index (χ4n) is 2.37. The van der Waals surface area contributed by atoms with Crippen molar-refractivity contribution in [2.24, 2.45) is 0 Å². The molecule has 0 unspecified atom stereocenters. The molecule has 10 heteroatoms. The van der Waals surface area contributed by atoms with E-state index in [1.165, 1.54) is 0 Å². The number of hydrogen-bond acceptors (Lipinski definition) is 5. The number of halogens is 2. The van der Waals surface area contributed by atoms with Gasteiger partial charge in [-0.1, -0.05) is 11.6 Å². The van der Waals surface area contributed by atoms with E-state index in [-0.39, 0.29) is 28.8 Å². The summed E-state index contributed by atoms with van der Waals surface area (Å²) < 4.78 is 44.9. The van der Waals surface area contributed by atoms with Crippen molar-refractivity contribution in [2.75, 3.05) is 32.1 Å². The number of carbonyl (C=O) groups excluding carboxylic acids is 1. The Kier molecular flexibility index (Phi) is 8.62. The lowest BCUT2D eigenvalue weighted by atomic mass is 10.2. The van der Waals surface area contributed by atoms with Gasteiger partial charge in [-0.2, -0.15) is 11.8 Å². The number of rotatable bonds is 9. The third-order valence-corrected chi connectivity index (χ3v) is 6.92. The fourth-order valence-corrected chi connectivity index (χ4v) is 4.76. The maximum atomic E-state index is 13.1. The fraction of sp³-hybridized carbons (Fsp3) is 0.562. The molecule has 26 heavy (non-hydrogen) atoms. The van der Waals surface area contributed by atoms with E-state index < -0.39 is 15.8 Å². The standard InChI is InChI=1S/C16H22ClFN2O4S2/c17-14-11-13(1-2-15(14)18)26(22,23)20-6-3-16(21)19-7-10-25-12-4-8-24-9-5-12/h1-2,11-12,20H,3-10H2,(H,19,21). The predicted octanol–water partition coefficient (Wildman–Crippen LogP) is 2.18. The van der Waals surface area contributed by atoms with Gasteiger partial charge in [-0.15, -0.1) is 0 Å². The number of carbonyl (C=O) groups is 1. The van der Waals surface area contributed by atoms with Crippen LogP contribution in [0, 0.1) is 5.82 Å². The van der Waals surface area contributed by atoms with Gasteiger partial charge in [-0.3, -0.25) is 4.79 Å². The Hall–Kier alpha value is -0.870. The van der Waals surface area contributed by atoms with Crippen LogP contribution in [0.5, 0.6) is 0 Å². The van der Waals surface area contributed by atoms with E-state index in [2.05, 4.69) is 10.0 Å². The molecule has 1 saturated heterocycles. The van der Waals surface area contributed by atoms with Gasteiger partial charge in [0.15, 0.2) is 0 Å². The molecule has 1 amide bonds. The third-order valence-electron chi connectivity index (χ3n) is 3.79. The van der Waals surface area contributed by atoms with Crippen LogP contribution in [0.1, 0.15) is 19.3 Å². The van der Waals surface area contributed by atoms with Gasteiger partial charge in [0.2, 0.25) is 15.9 Å². The van der Waals surface area contributed by atoms with Gasteiger partial charge < -0.3 is 10.1 Å². The molecule has 0 atom stereocenters. The van der Waals surface area contributed by atoms with E-state index in [0.717, 1.165) is 50.0 Å². The molecule has 1 fully saturated rings. The number of ether oxygens (including phenoxy) is 1. The predicted molar refractivity (Wildman–Crippen MR) is 101 cm³/mol. The number of hydrogen-bond donors (Lipinski definition) is 2. The molecule has 1 aliphatic rings. The van der Waals surface area contributed by atoms with Crippen molar-refractivity contribution in [1.29, 1.82) is 0 Å². The van der Waals surface area contributed by atoms with Gasteiger partial charge in [-0.05, 0) is 31.0 Å². The largest absolute Gasteiger partial charge is 0.381 e. The van der Waals surface area contributed by atoms with Crippen LogP contribution in [0.15, 0.2) is 23.1 Å². The van der Waals surface area contributed by atoms with Crippen molar-refractivity contribution in [2.45, 2.75) is 29.4 Å². The van der Waals surface area contributed by atoms with Crippen molar-refractivity contribution < 1.29 is 22.3 Å². The normalized spacial score (nSPS) is 15.8. The Labute approximate surface area is 162 Å². The van der Waals surface area contributed by atoms with Crippen molar-refractivity contribution >= 4 is 39.3 Å². The van der Waals surface area contributed by atoms with Crippen molar-refractivity contribution in [3.8, 4) is 0 Å². The average Bonchev–Trinajstić information content (AvgIpc) is 2.62. The molecule has 2 rings (SSSR count). The number of amides is 1. The third kappa shape index (κ3) is 7.03. The maximum absolute atomic E-state index is 13.1. The average molecular weight is 425 g/mol. The molecule has 0 saturated carbocycles. The Balaban J connectivity index is 1.64. The summed E-state index contributed by atoms with van der Waals surface area (Å²) in [6.07, 6.45) is 2.09. The smallest absolute Gasteiger partial charge is 0.240 e. The monoisotopic (exact) mass is 424 g/mol. The van der Waals surface area contributed by atoms with Crippen LogP contribution in [0.2, 0.25) is 5.02 Å². The van der Waals surface area contributed by atoms with Gasteiger partial charge in [0.1, 0.15) is 5.82 Å². The summed E-state index contributed by atoms with van der Waals surface area (Å²) in [6.45, 7) is 2.09. The van der Waals surface area contributed by atoms with Crippen LogP contribution in [-0.2, 0) is 19.6 Å². The molecule has 1 aliphatic heterocycles. The zero-order chi connectivity index (χ0) is 19.0. The van der Waals surface area contributed by atoms with E-state index >= 15 is 0 Å². The Morgan fingerprint density at radius 1 is 1.31 bits per heavy atom. The number of nitrogens with one attached hydrogen (secondary N) is 2. The molecule has 146 valence electrons. The Morgan fingerprint density at radius 3 is 2.73 bits per heavy atom. The number of thioether (sulfide) groups is 1. The summed E-state index contributed by atoms with van der Waals surface area (Å²) >= 11 is 7.41. The molecule has 0 spiro atoms. The highest BCUT2D eigenvalue weighted by molar-refractivity contribution is 7.99. The molecule has 0 aromatic heterocycles. The minimum absolute atomic E-state index is 0.0239. The second kappa shape index (κ2) is 10.5. The summed E-state index contributed by atoms with van der Waals surface area (Å²) in [5.41, 5.74) is 0. The summed E-state index contributed by atoms with van der Waals surface area (Å²) in [7, 11) is -3.83. The van der Waals surface area contributed by atoms with Crippen LogP contribution in [0.4, 0.5) is 4.39 Å². The first-order chi connectivity index (χ1) is 12.4. The zero-order valence-corrected chi connectivity index (χ0v) is 16.6. The summed E-state index contributed by atoms with van der Waals surface area (Å²) in [6, 6.07) is 3.14. The zero-order valence-electron chi connectivity index (χ0n) is 14.2. The molecule has 1 aromatic rings. The van der Waals surface area contributed by atoms with E-state index in [9.17, 15) is 17.6 Å². The lowest BCUT2D eigenvalue weighted by Crippen LogP contribution is -2.32. The first kappa shape index (κ1) is 21.4. The molecule has 2 N–H and O–H groups in total. The molecule has 6 nitrogen and oxygen atoms in total. The van der Waals surface area contributed by atoms with Crippen molar-refractivity contribution in [3.63, 3.8) is 0 Å². The summed E-state index contributed by atoms with van der Waals surface area (Å²) in [5.74, 6) is -0.100. The minimum atomic E-state index is -3.83. The van der Waals surface area contributed by atoms with Gasteiger partial charge in [0.05, 0.1) is 9.92 Å². The first-order valence-corrected chi connectivity index (χ1v) is 11.2. The van der Waals surface area contributed by atoms with Gasteiger partial charge in [0.25, 0.3) is 0 Å². The lowest BCUT2D eigenvalue weighted by molar-refractivity contribution is -0.120. The van der Waals surface area contributed by atoms with Crippen LogP contribution >= 0.6 is 23.4 Å². The molecule has 0 radical (unpaired) electrons. The molecule has 0 bridgehead atoms. The van der Waals surface area contributed by atoms with Crippen molar-refractivity contribution in [1.82, 2.24) is 10.0 Å². The second-order valence-electron chi connectivity index (χ2n) is 5.76. The van der Waals surface area contributed by atoms with Crippen molar-refractivity contribution in [3.05, 3.63) is 29.0 Å². The number of sulfonamides is 1. The maximum Gasteiger partial charge on any atom is 0.240 e. The van der Waals surface area contributed by atoms with Crippen LogP contribution < -0.4 is 10.0 Å². The van der Waals surface area contributed by atoms with Crippen LogP contribution in [-0.4, -0.2) is 51.6 Å². The quantitative estimate of drug-likeness (QED) is 0.593. The Morgan fingerprint density at radius 2 is 2.04 bits per heavy atom. The Bertz CT molecular complexity index is 712. The SMILES string of the molecule is O=C(CCNS(=O)(=O)c1ccc(F)c(Cl)c1)NCCSC1CCOCC1. The summed E-state index contributed by atoms with van der Waals surface area (Å²) in [5, 5.41) is 3.08. The lowest BCUT2D eigenvalue weighted by Gasteiger charge is -2.21. The van der Waals surface area contributed by atoms with Crippen LogP contribution in [0.3, 0.4) is 0 Å². The summed E-state index contributed by atoms with van der Waals surface area (Å²) in [4.78, 5) is 11.6. The highest BCUT2D eigenvalue weighted by Gasteiger charge is 2.16. The van der Waals surface area contributed by atoms with Gasteiger partial charge >= 0.3 is 0 Å². The van der Waals surface area contributed by atoms with Gasteiger partial charge in [0, 0.05) is 43.7 Å². The number of benzene rings is 1. The van der Waals surface area contributed by atoms with Gasteiger partial charge in [-0.25, -0.2) is 17.5 Å². The molecule has 1 aromatic carbocycles. The van der Waals surface area contributed by atoms with E-state index in [1.54, 1.807) is 0 Å². The molecular formula is C16H22ClFN2O4S2. The topological polar surface area (TPSA) is 84.5 Å². The highest BCUT2D eigenvalue weighted by Crippen LogP contribution is 2.21. The minimum Gasteiger partial charge on any atom is -0.381 e. The second-order valence-corrected chi connectivity index (χ2v) is 9.34. The first-order valence-electron chi connectivity index (χ1n) is 8.29. The van der Waals surface area contributed by atoms with Crippen LogP contribution in [0.25, 0.3) is 0 Å². The van der Waals surface area contributed by atoms with E-state index in [0.29, 0.717) is 11.8 Å².